The lowest BCUT2D eigenvalue weighted by Crippen LogP contribution is -2.40. The molecule has 0 radical (unpaired) electrons. The Morgan fingerprint density at radius 3 is 2.81 bits per heavy atom. The number of ether oxygens (including phenoxy) is 3. The second-order valence-electron chi connectivity index (χ2n) is 5.89. The number of thioether (sulfide) groups is 1. The molecule has 27 heavy (non-hydrogen) atoms. The van der Waals surface area contributed by atoms with Crippen LogP contribution in [0.15, 0.2) is 27.8 Å². The molecular weight excluding hydrogens is 394 g/mol. The normalized spacial score (nSPS) is 15.5. The van der Waals surface area contributed by atoms with Crippen LogP contribution in [0.2, 0.25) is 0 Å². The van der Waals surface area contributed by atoms with Crippen molar-refractivity contribution in [2.75, 3.05) is 38.8 Å². The minimum absolute atomic E-state index is 0. The number of fused-ring (bicyclic) bond motifs is 1. The highest BCUT2D eigenvalue weighted by molar-refractivity contribution is 7.99. The van der Waals surface area contributed by atoms with Crippen molar-refractivity contribution >= 4 is 30.1 Å². The zero-order chi connectivity index (χ0) is 17.8. The Balaban J connectivity index is 0.00000210. The van der Waals surface area contributed by atoms with Crippen molar-refractivity contribution in [3.63, 3.8) is 0 Å². The van der Waals surface area contributed by atoms with E-state index < -0.39 is 0 Å². The van der Waals surface area contributed by atoms with E-state index in [2.05, 4.69) is 10.2 Å². The summed E-state index contributed by atoms with van der Waals surface area (Å²) < 4.78 is 21.6. The standard InChI is InChI=1S/C17H19N3O5S.ClH/c21-15(20-5-7-22-8-6-20)2-1-9-26-17-19-18-16(25-17)12-3-4-13-14(10-12)24-11-23-13;/h3-4,10H,1-2,5-9,11H2;1H. The minimum Gasteiger partial charge on any atom is -0.454 e. The van der Waals surface area contributed by atoms with Crippen molar-refractivity contribution in [2.24, 2.45) is 0 Å². The summed E-state index contributed by atoms with van der Waals surface area (Å²) in [5, 5.41) is 8.63. The fourth-order valence-electron chi connectivity index (χ4n) is 2.77. The number of nitrogens with zero attached hydrogens (tertiary/aromatic N) is 3. The van der Waals surface area contributed by atoms with Gasteiger partial charge in [0.2, 0.25) is 18.6 Å². The molecule has 0 aliphatic carbocycles. The van der Waals surface area contributed by atoms with Crippen LogP contribution < -0.4 is 9.47 Å². The number of amides is 1. The zero-order valence-corrected chi connectivity index (χ0v) is 16.2. The van der Waals surface area contributed by atoms with E-state index in [-0.39, 0.29) is 25.1 Å². The molecule has 2 aromatic rings. The summed E-state index contributed by atoms with van der Waals surface area (Å²) >= 11 is 1.46. The molecule has 0 saturated carbocycles. The van der Waals surface area contributed by atoms with E-state index in [9.17, 15) is 4.79 Å². The summed E-state index contributed by atoms with van der Waals surface area (Å²) in [7, 11) is 0. The highest BCUT2D eigenvalue weighted by Crippen LogP contribution is 2.36. The van der Waals surface area contributed by atoms with Crippen LogP contribution in [0.5, 0.6) is 11.5 Å². The third kappa shape index (κ3) is 4.85. The van der Waals surface area contributed by atoms with Crippen molar-refractivity contribution < 1.29 is 23.4 Å². The van der Waals surface area contributed by atoms with Crippen molar-refractivity contribution in [1.29, 1.82) is 0 Å². The highest BCUT2D eigenvalue weighted by Gasteiger charge is 2.18. The number of carbonyl (C=O) groups excluding carboxylic acids is 1. The second-order valence-corrected chi connectivity index (χ2v) is 6.93. The first-order valence-electron chi connectivity index (χ1n) is 8.51. The van der Waals surface area contributed by atoms with Gasteiger partial charge < -0.3 is 23.5 Å². The molecule has 1 aromatic heterocycles. The van der Waals surface area contributed by atoms with E-state index in [1.54, 1.807) is 0 Å². The van der Waals surface area contributed by atoms with Crippen LogP contribution in [0.4, 0.5) is 0 Å². The fraction of sp³-hybridized carbons (Fsp3) is 0.471. The first-order chi connectivity index (χ1) is 12.8. The van der Waals surface area contributed by atoms with Gasteiger partial charge in [0.1, 0.15) is 0 Å². The molecule has 10 heteroatoms. The Bertz CT molecular complexity index is 782. The largest absolute Gasteiger partial charge is 0.454 e. The number of aromatic nitrogens is 2. The quantitative estimate of drug-likeness (QED) is 0.527. The molecule has 4 rings (SSSR count). The van der Waals surface area contributed by atoms with E-state index in [0.29, 0.717) is 55.3 Å². The van der Waals surface area contributed by atoms with Crippen LogP contribution in [0.25, 0.3) is 11.5 Å². The smallest absolute Gasteiger partial charge is 0.276 e. The summed E-state index contributed by atoms with van der Waals surface area (Å²) in [6.45, 7) is 2.87. The third-order valence-corrected chi connectivity index (χ3v) is 5.06. The number of hydrogen-bond acceptors (Lipinski definition) is 8. The van der Waals surface area contributed by atoms with Gasteiger partial charge in [-0.3, -0.25) is 4.79 Å². The van der Waals surface area contributed by atoms with Crippen LogP contribution in [0.1, 0.15) is 12.8 Å². The fourth-order valence-corrected chi connectivity index (χ4v) is 3.47. The second kappa shape index (κ2) is 9.29. The van der Waals surface area contributed by atoms with Gasteiger partial charge in [0, 0.05) is 30.8 Å². The maximum atomic E-state index is 12.1. The molecule has 2 aliphatic heterocycles. The van der Waals surface area contributed by atoms with Gasteiger partial charge in [0.15, 0.2) is 11.5 Å². The lowest BCUT2D eigenvalue weighted by Gasteiger charge is -2.26. The van der Waals surface area contributed by atoms with Crippen molar-refractivity contribution in [3.05, 3.63) is 18.2 Å². The highest BCUT2D eigenvalue weighted by atomic mass is 35.5. The minimum atomic E-state index is 0. The molecule has 1 saturated heterocycles. The Kier molecular flexibility index (Phi) is 6.81. The lowest BCUT2D eigenvalue weighted by molar-refractivity contribution is -0.135. The van der Waals surface area contributed by atoms with Crippen LogP contribution in [-0.4, -0.2) is 59.9 Å². The molecule has 2 aliphatic rings. The van der Waals surface area contributed by atoms with Crippen LogP contribution in [-0.2, 0) is 9.53 Å². The van der Waals surface area contributed by atoms with Crippen molar-refractivity contribution in [3.8, 4) is 23.0 Å². The Hall–Kier alpha value is -1.97. The molecule has 1 aromatic carbocycles. The predicted molar refractivity (Wildman–Crippen MR) is 100 cm³/mol. The molecule has 3 heterocycles. The summed E-state index contributed by atoms with van der Waals surface area (Å²) in [6, 6.07) is 5.51. The van der Waals surface area contributed by atoms with Crippen LogP contribution in [0, 0.1) is 0 Å². The Morgan fingerprint density at radius 2 is 1.96 bits per heavy atom. The maximum absolute atomic E-state index is 12.1. The predicted octanol–water partition coefficient (Wildman–Crippen LogP) is 2.62. The van der Waals surface area contributed by atoms with E-state index in [4.69, 9.17) is 18.6 Å². The number of benzene rings is 1. The number of carbonyl (C=O) groups is 1. The average molecular weight is 414 g/mol. The first kappa shape index (κ1) is 19.8. The molecule has 0 atom stereocenters. The first-order valence-corrected chi connectivity index (χ1v) is 9.50. The zero-order valence-electron chi connectivity index (χ0n) is 14.6. The van der Waals surface area contributed by atoms with E-state index >= 15 is 0 Å². The van der Waals surface area contributed by atoms with E-state index in [0.717, 1.165) is 17.7 Å². The van der Waals surface area contributed by atoms with Gasteiger partial charge in [0.25, 0.3) is 5.22 Å². The summed E-state index contributed by atoms with van der Waals surface area (Å²) in [4.78, 5) is 13.9. The summed E-state index contributed by atoms with van der Waals surface area (Å²) in [5.74, 6) is 2.76. The topological polar surface area (TPSA) is 86.9 Å². The molecular formula is C17H20ClN3O5S. The average Bonchev–Trinajstić information content (AvgIpc) is 3.34. The lowest BCUT2D eigenvalue weighted by atomic mass is 10.2. The Morgan fingerprint density at radius 1 is 1.15 bits per heavy atom. The molecule has 1 amide bonds. The third-order valence-electron chi connectivity index (χ3n) is 4.15. The molecule has 1 fully saturated rings. The Labute approximate surface area is 167 Å². The van der Waals surface area contributed by atoms with Gasteiger partial charge in [0.05, 0.1) is 13.2 Å². The van der Waals surface area contributed by atoms with Gasteiger partial charge in [-0.25, -0.2) is 0 Å². The summed E-state index contributed by atoms with van der Waals surface area (Å²) in [6.07, 6.45) is 1.29. The van der Waals surface area contributed by atoms with Crippen LogP contribution >= 0.6 is 24.2 Å². The van der Waals surface area contributed by atoms with Gasteiger partial charge in [-0.1, -0.05) is 11.8 Å². The number of hydrogen-bond donors (Lipinski definition) is 0. The molecule has 0 spiro atoms. The van der Waals surface area contributed by atoms with Crippen molar-refractivity contribution in [1.82, 2.24) is 15.1 Å². The SMILES string of the molecule is Cl.O=C(CCCSc1nnc(-c2ccc3c(c2)OCO3)o1)N1CCOCC1. The molecule has 0 N–H and O–H groups in total. The van der Waals surface area contributed by atoms with Crippen LogP contribution in [0.3, 0.4) is 0 Å². The van der Waals surface area contributed by atoms with Gasteiger partial charge in [-0.15, -0.1) is 22.6 Å². The number of rotatable bonds is 6. The molecule has 146 valence electrons. The molecule has 0 bridgehead atoms. The molecule has 0 unspecified atom stereocenters. The number of halogens is 1. The summed E-state index contributed by atoms with van der Waals surface area (Å²) in [5.41, 5.74) is 0.788. The van der Waals surface area contributed by atoms with E-state index in [1.165, 1.54) is 11.8 Å². The monoisotopic (exact) mass is 413 g/mol. The van der Waals surface area contributed by atoms with Crippen molar-refractivity contribution in [2.45, 2.75) is 18.1 Å². The van der Waals surface area contributed by atoms with E-state index in [1.807, 2.05) is 23.1 Å². The number of morpholine rings is 1. The maximum Gasteiger partial charge on any atom is 0.276 e. The van der Waals surface area contributed by atoms with Gasteiger partial charge in [-0.2, -0.15) is 0 Å². The molecule has 8 nitrogen and oxygen atoms in total. The van der Waals surface area contributed by atoms with Gasteiger partial charge in [-0.05, 0) is 24.6 Å². The van der Waals surface area contributed by atoms with Gasteiger partial charge >= 0.3 is 0 Å².